The second kappa shape index (κ2) is 7.90. The lowest BCUT2D eigenvalue weighted by Crippen LogP contribution is -2.36. The zero-order valence-electron chi connectivity index (χ0n) is 13.1. The van der Waals surface area contributed by atoms with Gasteiger partial charge in [-0.05, 0) is 42.1 Å². The van der Waals surface area contributed by atoms with E-state index < -0.39 is 23.6 Å². The summed E-state index contributed by atoms with van der Waals surface area (Å²) < 4.78 is 0. The molecule has 1 aromatic carbocycles. The Hall–Kier alpha value is -2.35. The molecule has 0 saturated carbocycles. The van der Waals surface area contributed by atoms with E-state index >= 15 is 0 Å². The predicted octanol–water partition coefficient (Wildman–Crippen LogP) is 4.06. The molecule has 0 atom stereocenters. The van der Waals surface area contributed by atoms with Crippen LogP contribution in [0.2, 0.25) is 10.0 Å². The molecule has 2 heterocycles. The molecule has 0 radical (unpaired) electrons. The summed E-state index contributed by atoms with van der Waals surface area (Å²) in [6.45, 7) is -0.396. The van der Waals surface area contributed by atoms with E-state index in [0.29, 0.717) is 21.3 Å². The number of pyridine rings is 1. The minimum absolute atomic E-state index is 0.152. The van der Waals surface area contributed by atoms with Gasteiger partial charge in [-0.2, -0.15) is 0 Å². The molecule has 1 aromatic heterocycles. The first kappa shape index (κ1) is 18.4. The maximum atomic E-state index is 12.5. The summed E-state index contributed by atoms with van der Waals surface area (Å²) in [5.74, 6) is -1.07. The van der Waals surface area contributed by atoms with Gasteiger partial charge in [0, 0.05) is 21.8 Å². The summed E-state index contributed by atoms with van der Waals surface area (Å²) in [6.07, 6.45) is 4.48. The van der Waals surface area contributed by atoms with Crippen LogP contribution in [-0.4, -0.2) is 33.5 Å². The normalized spacial score (nSPS) is 15.6. The Bertz CT molecular complexity index is 898. The van der Waals surface area contributed by atoms with E-state index in [1.807, 2.05) is 0 Å². The number of anilines is 1. The summed E-state index contributed by atoms with van der Waals surface area (Å²) in [6, 6.07) is 8.25. The standard InChI is InChI=1S/C17H11Cl2N3O3S/c18-12-4-1-5-13(19)11(12)7-14-16(24)22(17(25)26-14)9-15(23)21-10-3-2-6-20-8-10/h1-8H,9H2,(H,21,23)/b14-7-. The minimum Gasteiger partial charge on any atom is -0.323 e. The van der Waals surface area contributed by atoms with Crippen LogP contribution in [-0.2, 0) is 9.59 Å². The van der Waals surface area contributed by atoms with E-state index in [1.165, 1.54) is 12.3 Å². The molecule has 1 saturated heterocycles. The molecule has 3 amide bonds. The van der Waals surface area contributed by atoms with Crippen molar-refractivity contribution in [2.75, 3.05) is 11.9 Å². The van der Waals surface area contributed by atoms with Crippen LogP contribution >= 0.6 is 35.0 Å². The molecule has 0 aliphatic carbocycles. The van der Waals surface area contributed by atoms with Gasteiger partial charge in [0.25, 0.3) is 11.1 Å². The van der Waals surface area contributed by atoms with Gasteiger partial charge in [-0.1, -0.05) is 29.3 Å². The van der Waals surface area contributed by atoms with Gasteiger partial charge in [0.1, 0.15) is 6.54 Å². The van der Waals surface area contributed by atoms with Crippen molar-refractivity contribution in [2.45, 2.75) is 0 Å². The number of hydrogen-bond acceptors (Lipinski definition) is 5. The number of imide groups is 1. The van der Waals surface area contributed by atoms with Crippen molar-refractivity contribution in [3.63, 3.8) is 0 Å². The fourth-order valence-corrected chi connectivity index (χ4v) is 3.52. The molecule has 1 aliphatic rings. The first-order valence-corrected chi connectivity index (χ1v) is 8.92. The van der Waals surface area contributed by atoms with Gasteiger partial charge < -0.3 is 5.32 Å². The third-order valence-electron chi connectivity index (χ3n) is 3.40. The third-order valence-corrected chi connectivity index (χ3v) is 4.96. The van der Waals surface area contributed by atoms with Crippen molar-refractivity contribution < 1.29 is 14.4 Å². The highest BCUT2D eigenvalue weighted by Gasteiger charge is 2.36. The van der Waals surface area contributed by atoms with Crippen LogP contribution in [0.1, 0.15) is 5.56 Å². The number of carbonyl (C=O) groups excluding carboxylic acids is 3. The van der Waals surface area contributed by atoms with Crippen LogP contribution in [0.15, 0.2) is 47.6 Å². The Morgan fingerprint density at radius 2 is 1.92 bits per heavy atom. The second-order valence-electron chi connectivity index (χ2n) is 5.19. The number of halogens is 2. The fraction of sp³-hybridized carbons (Fsp3) is 0.0588. The smallest absolute Gasteiger partial charge is 0.294 e. The zero-order valence-corrected chi connectivity index (χ0v) is 15.4. The largest absolute Gasteiger partial charge is 0.323 e. The molecule has 6 nitrogen and oxygen atoms in total. The van der Waals surface area contributed by atoms with Gasteiger partial charge in [0.2, 0.25) is 5.91 Å². The highest BCUT2D eigenvalue weighted by Crippen LogP contribution is 2.35. The highest BCUT2D eigenvalue weighted by atomic mass is 35.5. The molecule has 1 aliphatic heterocycles. The first-order chi connectivity index (χ1) is 12.5. The monoisotopic (exact) mass is 407 g/mol. The third kappa shape index (κ3) is 4.07. The summed E-state index contributed by atoms with van der Waals surface area (Å²) in [5, 5.41) is 2.76. The summed E-state index contributed by atoms with van der Waals surface area (Å²) >= 11 is 12.9. The van der Waals surface area contributed by atoms with E-state index in [9.17, 15) is 14.4 Å². The molecule has 1 N–H and O–H groups in total. The number of nitrogens with zero attached hydrogens (tertiary/aromatic N) is 2. The number of nitrogens with one attached hydrogen (secondary N) is 1. The fourth-order valence-electron chi connectivity index (χ4n) is 2.20. The van der Waals surface area contributed by atoms with E-state index in [4.69, 9.17) is 23.2 Å². The van der Waals surface area contributed by atoms with Crippen molar-refractivity contribution >= 4 is 63.8 Å². The molecule has 0 spiro atoms. The Morgan fingerprint density at radius 3 is 2.58 bits per heavy atom. The van der Waals surface area contributed by atoms with Gasteiger partial charge >= 0.3 is 0 Å². The Labute approximate surface area is 163 Å². The highest BCUT2D eigenvalue weighted by molar-refractivity contribution is 8.18. The average Bonchev–Trinajstić information content (AvgIpc) is 2.86. The van der Waals surface area contributed by atoms with E-state index in [2.05, 4.69) is 10.3 Å². The molecule has 3 rings (SSSR count). The molecule has 0 unspecified atom stereocenters. The number of aromatic nitrogens is 1. The van der Waals surface area contributed by atoms with Crippen molar-refractivity contribution in [2.24, 2.45) is 0 Å². The Balaban J connectivity index is 1.75. The van der Waals surface area contributed by atoms with Crippen molar-refractivity contribution in [1.82, 2.24) is 9.88 Å². The molecular formula is C17H11Cl2N3O3S. The second-order valence-corrected chi connectivity index (χ2v) is 7.00. The lowest BCUT2D eigenvalue weighted by Gasteiger charge is -2.12. The number of hydrogen-bond donors (Lipinski definition) is 1. The van der Waals surface area contributed by atoms with E-state index in [-0.39, 0.29) is 4.91 Å². The van der Waals surface area contributed by atoms with E-state index in [0.717, 1.165) is 16.7 Å². The van der Waals surface area contributed by atoms with Crippen LogP contribution in [0, 0.1) is 0 Å². The molecule has 9 heteroatoms. The first-order valence-electron chi connectivity index (χ1n) is 7.35. The number of amides is 3. The zero-order chi connectivity index (χ0) is 18.7. The van der Waals surface area contributed by atoms with Crippen molar-refractivity contribution in [3.8, 4) is 0 Å². The predicted molar refractivity (Wildman–Crippen MR) is 102 cm³/mol. The topological polar surface area (TPSA) is 79.4 Å². The lowest BCUT2D eigenvalue weighted by molar-refractivity contribution is -0.127. The van der Waals surface area contributed by atoms with Crippen LogP contribution in [0.4, 0.5) is 10.5 Å². The minimum atomic E-state index is -0.572. The molecule has 26 heavy (non-hydrogen) atoms. The Morgan fingerprint density at radius 1 is 1.19 bits per heavy atom. The van der Waals surface area contributed by atoms with Gasteiger partial charge in [-0.25, -0.2) is 0 Å². The molecule has 0 bridgehead atoms. The van der Waals surface area contributed by atoms with Crippen LogP contribution in [0.3, 0.4) is 0 Å². The van der Waals surface area contributed by atoms with Gasteiger partial charge in [0.05, 0.1) is 16.8 Å². The van der Waals surface area contributed by atoms with Crippen LogP contribution in [0.25, 0.3) is 6.08 Å². The SMILES string of the molecule is O=C(CN1C(=O)S/C(=C\c2c(Cl)cccc2Cl)C1=O)Nc1cccnc1. The van der Waals surface area contributed by atoms with Crippen molar-refractivity contribution in [3.05, 3.63) is 63.2 Å². The number of thioether (sulfide) groups is 1. The molecule has 132 valence electrons. The number of benzene rings is 1. The summed E-state index contributed by atoms with van der Waals surface area (Å²) in [5.41, 5.74) is 0.920. The van der Waals surface area contributed by atoms with Crippen molar-refractivity contribution in [1.29, 1.82) is 0 Å². The van der Waals surface area contributed by atoms with E-state index in [1.54, 1.807) is 36.5 Å². The quantitative estimate of drug-likeness (QED) is 0.772. The van der Waals surface area contributed by atoms with Gasteiger partial charge in [0.15, 0.2) is 0 Å². The molecule has 2 aromatic rings. The lowest BCUT2D eigenvalue weighted by atomic mass is 10.2. The number of carbonyl (C=O) groups is 3. The number of rotatable bonds is 4. The summed E-state index contributed by atoms with van der Waals surface area (Å²) in [4.78, 5) is 41.6. The average molecular weight is 408 g/mol. The maximum Gasteiger partial charge on any atom is 0.294 e. The van der Waals surface area contributed by atoms with Crippen LogP contribution < -0.4 is 5.32 Å². The molecular weight excluding hydrogens is 397 g/mol. The Kier molecular flexibility index (Phi) is 5.61. The maximum absolute atomic E-state index is 12.5. The molecule has 1 fully saturated rings. The van der Waals surface area contributed by atoms with Crippen LogP contribution in [0.5, 0.6) is 0 Å². The van der Waals surface area contributed by atoms with Gasteiger partial charge in [-0.3, -0.25) is 24.3 Å². The summed E-state index contributed by atoms with van der Waals surface area (Å²) in [7, 11) is 0. The van der Waals surface area contributed by atoms with Gasteiger partial charge in [-0.15, -0.1) is 0 Å².